The van der Waals surface area contributed by atoms with Gasteiger partial charge < -0.3 is 10.5 Å². The van der Waals surface area contributed by atoms with Crippen molar-refractivity contribution in [3.05, 3.63) is 48.3 Å². The fourth-order valence-electron chi connectivity index (χ4n) is 2.73. The topological polar surface area (TPSA) is 53.1 Å². The molecule has 106 valence electrons. The number of fused-ring (bicyclic) bond motifs is 1. The lowest BCUT2D eigenvalue weighted by Gasteiger charge is -2.09. The Balaban J connectivity index is 1.94. The van der Waals surface area contributed by atoms with Crippen LogP contribution in [0, 0.1) is 0 Å². The fraction of sp³-hybridized carbons (Fsp3) is 0.235. The summed E-state index contributed by atoms with van der Waals surface area (Å²) in [4.78, 5) is 4.81. The lowest BCUT2D eigenvalue weighted by Crippen LogP contribution is -2.00. The standard InChI is InChI=1S/C17H17N3O/c1-21-14-7-5-13(6-8-14)20-16-9-4-12(18)10-15(16)19-17(20)11-2-3-11/h4-11H,2-3,18H2,1H3. The van der Waals surface area contributed by atoms with E-state index in [2.05, 4.69) is 16.7 Å². The van der Waals surface area contributed by atoms with Gasteiger partial charge in [-0.25, -0.2) is 4.98 Å². The maximum Gasteiger partial charge on any atom is 0.119 e. The van der Waals surface area contributed by atoms with Crippen molar-refractivity contribution in [2.75, 3.05) is 12.8 Å². The summed E-state index contributed by atoms with van der Waals surface area (Å²) in [6, 6.07) is 14.0. The summed E-state index contributed by atoms with van der Waals surface area (Å²) in [5, 5.41) is 0. The molecule has 0 saturated heterocycles. The minimum absolute atomic E-state index is 0.570. The summed E-state index contributed by atoms with van der Waals surface area (Å²) >= 11 is 0. The normalized spacial score (nSPS) is 14.5. The molecule has 1 aliphatic carbocycles. The van der Waals surface area contributed by atoms with E-state index in [-0.39, 0.29) is 0 Å². The van der Waals surface area contributed by atoms with Gasteiger partial charge in [0.15, 0.2) is 0 Å². The number of methoxy groups -OCH3 is 1. The highest BCUT2D eigenvalue weighted by atomic mass is 16.5. The summed E-state index contributed by atoms with van der Waals surface area (Å²) in [5.41, 5.74) is 9.83. The van der Waals surface area contributed by atoms with Gasteiger partial charge in [-0.05, 0) is 55.3 Å². The van der Waals surface area contributed by atoms with E-state index in [4.69, 9.17) is 15.5 Å². The summed E-state index contributed by atoms with van der Waals surface area (Å²) in [6.07, 6.45) is 2.43. The zero-order valence-electron chi connectivity index (χ0n) is 11.9. The maximum absolute atomic E-state index is 5.89. The molecule has 3 aromatic rings. The zero-order chi connectivity index (χ0) is 14.4. The van der Waals surface area contributed by atoms with Gasteiger partial charge in [0.25, 0.3) is 0 Å². The van der Waals surface area contributed by atoms with Crippen LogP contribution in [0.3, 0.4) is 0 Å². The second-order valence-electron chi connectivity index (χ2n) is 5.53. The number of imidazole rings is 1. The Bertz CT molecular complexity index is 801. The van der Waals surface area contributed by atoms with E-state index in [1.807, 2.05) is 30.3 Å². The van der Waals surface area contributed by atoms with Crippen LogP contribution in [0.5, 0.6) is 5.75 Å². The summed E-state index contributed by atoms with van der Waals surface area (Å²) < 4.78 is 7.48. The molecule has 0 aliphatic heterocycles. The molecule has 0 amide bonds. The Hall–Kier alpha value is -2.49. The SMILES string of the molecule is COc1ccc(-n2c(C3CC3)nc3cc(N)ccc32)cc1. The van der Waals surface area contributed by atoms with E-state index in [1.165, 1.54) is 12.8 Å². The number of nitrogens with zero attached hydrogens (tertiary/aromatic N) is 2. The molecule has 1 aliphatic rings. The van der Waals surface area contributed by atoms with Crippen LogP contribution in [0.2, 0.25) is 0 Å². The lowest BCUT2D eigenvalue weighted by atomic mass is 10.2. The monoisotopic (exact) mass is 279 g/mol. The molecule has 0 bridgehead atoms. The van der Waals surface area contributed by atoms with Gasteiger partial charge in [-0.2, -0.15) is 0 Å². The van der Waals surface area contributed by atoms with Gasteiger partial charge >= 0.3 is 0 Å². The summed E-state index contributed by atoms with van der Waals surface area (Å²) in [6.45, 7) is 0. The Morgan fingerprint density at radius 1 is 1.14 bits per heavy atom. The average Bonchev–Trinajstić information content (AvgIpc) is 3.28. The maximum atomic E-state index is 5.89. The number of nitrogens with two attached hydrogens (primary N) is 1. The first kappa shape index (κ1) is 12.3. The first-order valence-electron chi connectivity index (χ1n) is 7.18. The van der Waals surface area contributed by atoms with Crippen LogP contribution >= 0.6 is 0 Å². The van der Waals surface area contributed by atoms with Crippen LogP contribution in [-0.4, -0.2) is 16.7 Å². The van der Waals surface area contributed by atoms with Crippen molar-refractivity contribution >= 4 is 16.7 Å². The molecule has 21 heavy (non-hydrogen) atoms. The highest BCUT2D eigenvalue weighted by Gasteiger charge is 2.30. The number of hydrogen-bond donors (Lipinski definition) is 1. The first-order valence-corrected chi connectivity index (χ1v) is 7.18. The number of aromatic nitrogens is 2. The molecule has 1 aromatic heterocycles. The predicted octanol–water partition coefficient (Wildman–Crippen LogP) is 3.49. The molecular weight excluding hydrogens is 262 g/mol. The third-order valence-corrected chi connectivity index (χ3v) is 3.98. The number of nitrogen functional groups attached to an aromatic ring is 1. The van der Waals surface area contributed by atoms with Crippen LogP contribution in [0.1, 0.15) is 24.6 Å². The van der Waals surface area contributed by atoms with Crippen LogP contribution in [0.15, 0.2) is 42.5 Å². The van der Waals surface area contributed by atoms with Crippen molar-refractivity contribution in [1.29, 1.82) is 0 Å². The van der Waals surface area contributed by atoms with Gasteiger partial charge in [0.05, 0.1) is 18.1 Å². The zero-order valence-corrected chi connectivity index (χ0v) is 11.9. The Labute approximate surface area is 123 Å². The molecule has 0 spiro atoms. The van der Waals surface area contributed by atoms with Crippen molar-refractivity contribution in [2.24, 2.45) is 0 Å². The molecule has 0 atom stereocenters. The largest absolute Gasteiger partial charge is 0.497 e. The highest BCUT2D eigenvalue weighted by Crippen LogP contribution is 2.42. The van der Waals surface area contributed by atoms with Crippen molar-refractivity contribution in [1.82, 2.24) is 9.55 Å². The van der Waals surface area contributed by atoms with Gasteiger partial charge in [-0.15, -0.1) is 0 Å². The minimum Gasteiger partial charge on any atom is -0.497 e. The van der Waals surface area contributed by atoms with Crippen molar-refractivity contribution < 1.29 is 4.74 Å². The third kappa shape index (κ3) is 2.03. The van der Waals surface area contributed by atoms with E-state index >= 15 is 0 Å². The van der Waals surface area contributed by atoms with Crippen LogP contribution < -0.4 is 10.5 Å². The first-order chi connectivity index (χ1) is 10.3. The second-order valence-corrected chi connectivity index (χ2v) is 5.53. The third-order valence-electron chi connectivity index (χ3n) is 3.98. The molecule has 1 heterocycles. The summed E-state index contributed by atoms with van der Waals surface area (Å²) in [7, 11) is 1.68. The lowest BCUT2D eigenvalue weighted by molar-refractivity contribution is 0.414. The highest BCUT2D eigenvalue weighted by molar-refractivity contribution is 5.81. The molecule has 4 nitrogen and oxygen atoms in total. The van der Waals surface area contributed by atoms with E-state index in [1.54, 1.807) is 7.11 Å². The van der Waals surface area contributed by atoms with Gasteiger partial charge in [0, 0.05) is 17.3 Å². The Morgan fingerprint density at radius 3 is 2.57 bits per heavy atom. The number of rotatable bonds is 3. The summed E-state index contributed by atoms with van der Waals surface area (Å²) in [5.74, 6) is 2.57. The Morgan fingerprint density at radius 2 is 1.90 bits per heavy atom. The van der Waals surface area contributed by atoms with Gasteiger partial charge in [-0.3, -0.25) is 4.57 Å². The number of anilines is 1. The molecule has 4 heteroatoms. The molecule has 2 aromatic carbocycles. The molecule has 1 saturated carbocycles. The van der Waals surface area contributed by atoms with E-state index < -0.39 is 0 Å². The molecular formula is C17H17N3O. The molecule has 4 rings (SSSR count). The van der Waals surface area contributed by atoms with E-state index in [9.17, 15) is 0 Å². The van der Waals surface area contributed by atoms with Gasteiger partial charge in [0.2, 0.25) is 0 Å². The molecule has 1 fully saturated rings. The molecule has 0 radical (unpaired) electrons. The quantitative estimate of drug-likeness (QED) is 0.747. The minimum atomic E-state index is 0.570. The number of ether oxygens (including phenoxy) is 1. The number of hydrogen-bond acceptors (Lipinski definition) is 3. The van der Waals surface area contributed by atoms with Crippen molar-refractivity contribution in [2.45, 2.75) is 18.8 Å². The predicted molar refractivity (Wildman–Crippen MR) is 84.0 cm³/mol. The van der Waals surface area contributed by atoms with Crippen LogP contribution in [0.25, 0.3) is 16.7 Å². The van der Waals surface area contributed by atoms with Crippen molar-refractivity contribution in [3.8, 4) is 11.4 Å². The van der Waals surface area contributed by atoms with E-state index in [0.29, 0.717) is 5.92 Å². The van der Waals surface area contributed by atoms with Gasteiger partial charge in [0.1, 0.15) is 11.6 Å². The van der Waals surface area contributed by atoms with Crippen LogP contribution in [0.4, 0.5) is 5.69 Å². The number of benzene rings is 2. The molecule has 2 N–H and O–H groups in total. The Kier molecular flexibility index (Phi) is 2.64. The average molecular weight is 279 g/mol. The smallest absolute Gasteiger partial charge is 0.119 e. The van der Waals surface area contributed by atoms with Crippen LogP contribution in [-0.2, 0) is 0 Å². The van der Waals surface area contributed by atoms with Gasteiger partial charge in [-0.1, -0.05) is 0 Å². The van der Waals surface area contributed by atoms with E-state index in [0.717, 1.165) is 34.0 Å². The second kappa shape index (κ2) is 4.52. The fourth-order valence-corrected chi connectivity index (χ4v) is 2.73. The molecule has 0 unspecified atom stereocenters. The van der Waals surface area contributed by atoms with Crippen molar-refractivity contribution in [3.63, 3.8) is 0 Å².